The third kappa shape index (κ3) is 4.82. The number of hydrogen-bond donors (Lipinski definition) is 1. The van der Waals surface area contributed by atoms with E-state index in [1.165, 1.54) is 24.3 Å². The number of tetrazole rings is 1. The van der Waals surface area contributed by atoms with Gasteiger partial charge in [0.2, 0.25) is 0 Å². The monoisotopic (exact) mass is 425 g/mol. The molecule has 3 rings (SSSR count). The molecule has 0 aliphatic heterocycles. The maximum absolute atomic E-state index is 12.1. The van der Waals surface area contributed by atoms with E-state index in [-0.39, 0.29) is 5.75 Å². The van der Waals surface area contributed by atoms with Gasteiger partial charge < -0.3 is 10.1 Å². The highest BCUT2D eigenvalue weighted by atomic mass is 79.9. The van der Waals surface area contributed by atoms with Crippen molar-refractivity contribution < 1.29 is 17.9 Å². The second-order valence-electron chi connectivity index (χ2n) is 4.98. The van der Waals surface area contributed by atoms with Crippen LogP contribution in [0.4, 0.5) is 18.9 Å². The van der Waals surface area contributed by atoms with Gasteiger partial charge in [-0.1, -0.05) is 15.9 Å². The van der Waals surface area contributed by atoms with Crippen molar-refractivity contribution in [1.29, 1.82) is 0 Å². The number of alkyl halides is 3. The van der Waals surface area contributed by atoms with E-state index in [9.17, 15) is 13.2 Å². The van der Waals surface area contributed by atoms with E-state index >= 15 is 0 Å². The number of rotatable bonds is 5. The molecule has 0 saturated heterocycles. The van der Waals surface area contributed by atoms with Crippen LogP contribution >= 0.6 is 15.9 Å². The Balaban J connectivity index is 1.66. The maximum Gasteiger partial charge on any atom is 0.573 e. The van der Waals surface area contributed by atoms with E-state index in [4.69, 9.17) is 0 Å². The van der Waals surface area contributed by atoms with Crippen LogP contribution in [0.15, 0.2) is 59.2 Å². The summed E-state index contributed by atoms with van der Waals surface area (Å²) in [6, 6.07) is 12.8. The van der Waals surface area contributed by atoms with Crippen LogP contribution in [-0.4, -0.2) is 26.6 Å². The zero-order valence-electron chi connectivity index (χ0n) is 13.0. The number of nitrogens with zero attached hydrogens (tertiary/aromatic N) is 4. The fourth-order valence-corrected chi connectivity index (χ4v) is 2.29. The number of aromatic nitrogens is 4. The standard InChI is InChI=1S/C16H11BrF3N5O/c17-11-1-5-13(6-2-11)25-15(22-23-24-25)9-10-21-12-3-7-14(8-4-12)26-16(18,19)20/h1-10,21H. The molecule has 0 atom stereocenters. The zero-order valence-corrected chi connectivity index (χ0v) is 14.6. The lowest BCUT2D eigenvalue weighted by Gasteiger charge is -2.09. The van der Waals surface area contributed by atoms with Gasteiger partial charge in [-0.05, 0) is 59.0 Å². The summed E-state index contributed by atoms with van der Waals surface area (Å²) in [5.74, 6) is 0.197. The van der Waals surface area contributed by atoms with E-state index in [0.717, 1.165) is 10.2 Å². The number of halogens is 4. The second-order valence-corrected chi connectivity index (χ2v) is 5.89. The Morgan fingerprint density at radius 1 is 1.04 bits per heavy atom. The molecule has 1 heterocycles. The third-order valence-electron chi connectivity index (χ3n) is 3.14. The molecule has 0 saturated carbocycles. The summed E-state index contributed by atoms with van der Waals surface area (Å²) in [6.07, 6.45) is -1.48. The van der Waals surface area contributed by atoms with Crippen molar-refractivity contribution in [3.8, 4) is 11.4 Å². The SMILES string of the molecule is FC(F)(F)Oc1ccc(NC=Cc2nnnn2-c2ccc(Br)cc2)cc1. The molecule has 0 fully saturated rings. The summed E-state index contributed by atoms with van der Waals surface area (Å²) in [5.41, 5.74) is 1.37. The average Bonchev–Trinajstić information content (AvgIpc) is 3.04. The van der Waals surface area contributed by atoms with Crippen molar-refractivity contribution in [3.05, 3.63) is 65.0 Å². The minimum atomic E-state index is -4.71. The van der Waals surface area contributed by atoms with Crippen LogP contribution < -0.4 is 10.1 Å². The van der Waals surface area contributed by atoms with E-state index in [0.29, 0.717) is 11.5 Å². The van der Waals surface area contributed by atoms with Gasteiger partial charge in [0.15, 0.2) is 5.82 Å². The van der Waals surface area contributed by atoms with Gasteiger partial charge in [-0.3, -0.25) is 0 Å². The summed E-state index contributed by atoms with van der Waals surface area (Å²) in [5, 5.41) is 14.4. The minimum absolute atomic E-state index is 0.286. The van der Waals surface area contributed by atoms with Gasteiger partial charge in [-0.25, -0.2) is 0 Å². The van der Waals surface area contributed by atoms with Crippen LogP contribution in [0, 0.1) is 0 Å². The fourth-order valence-electron chi connectivity index (χ4n) is 2.03. The molecule has 0 spiro atoms. The topological polar surface area (TPSA) is 64.9 Å². The number of ether oxygens (including phenoxy) is 1. The number of nitrogens with one attached hydrogen (secondary N) is 1. The maximum atomic E-state index is 12.1. The van der Waals surface area contributed by atoms with Crippen LogP contribution in [0.5, 0.6) is 5.75 Å². The van der Waals surface area contributed by atoms with Crippen LogP contribution in [-0.2, 0) is 0 Å². The molecule has 0 bridgehead atoms. The highest BCUT2D eigenvalue weighted by Gasteiger charge is 2.30. The summed E-state index contributed by atoms with van der Waals surface area (Å²) in [4.78, 5) is 0. The van der Waals surface area contributed by atoms with Crippen LogP contribution in [0.1, 0.15) is 5.82 Å². The first kappa shape index (κ1) is 17.9. The molecule has 0 radical (unpaired) electrons. The van der Waals surface area contributed by atoms with E-state index in [2.05, 4.69) is 41.5 Å². The fraction of sp³-hybridized carbons (Fsp3) is 0.0625. The highest BCUT2D eigenvalue weighted by molar-refractivity contribution is 9.10. The molecule has 134 valence electrons. The number of benzene rings is 2. The molecule has 0 amide bonds. The van der Waals surface area contributed by atoms with Crippen molar-refractivity contribution in [1.82, 2.24) is 20.2 Å². The molecular weight excluding hydrogens is 415 g/mol. The van der Waals surface area contributed by atoms with Crippen molar-refractivity contribution in [3.63, 3.8) is 0 Å². The summed E-state index contributed by atoms with van der Waals surface area (Å²) < 4.78 is 42.7. The molecule has 6 nitrogen and oxygen atoms in total. The van der Waals surface area contributed by atoms with E-state index < -0.39 is 6.36 Å². The van der Waals surface area contributed by atoms with Crippen LogP contribution in [0.3, 0.4) is 0 Å². The molecule has 0 aliphatic rings. The van der Waals surface area contributed by atoms with Crippen molar-refractivity contribution >= 4 is 27.7 Å². The average molecular weight is 426 g/mol. The Kier molecular flexibility index (Phi) is 5.21. The van der Waals surface area contributed by atoms with Crippen molar-refractivity contribution in [2.75, 3.05) is 5.32 Å². The Bertz CT molecular complexity index is 891. The van der Waals surface area contributed by atoms with Gasteiger partial charge in [0.25, 0.3) is 0 Å². The Morgan fingerprint density at radius 2 is 1.73 bits per heavy atom. The summed E-state index contributed by atoms with van der Waals surface area (Å²) >= 11 is 3.36. The predicted octanol–water partition coefficient (Wildman–Crippen LogP) is 4.41. The lowest BCUT2D eigenvalue weighted by molar-refractivity contribution is -0.274. The first-order valence-corrected chi connectivity index (χ1v) is 8.03. The first-order valence-electron chi connectivity index (χ1n) is 7.24. The smallest absolute Gasteiger partial charge is 0.406 e. The quantitative estimate of drug-likeness (QED) is 0.655. The minimum Gasteiger partial charge on any atom is -0.406 e. The van der Waals surface area contributed by atoms with Crippen LogP contribution in [0.25, 0.3) is 11.8 Å². The molecule has 0 unspecified atom stereocenters. The molecule has 1 aromatic heterocycles. The van der Waals surface area contributed by atoms with Gasteiger partial charge >= 0.3 is 6.36 Å². The van der Waals surface area contributed by atoms with Gasteiger partial charge in [-0.15, -0.1) is 18.3 Å². The zero-order chi connectivity index (χ0) is 18.6. The first-order chi connectivity index (χ1) is 12.4. The van der Waals surface area contributed by atoms with Gasteiger partial charge in [0.05, 0.1) is 5.69 Å². The predicted molar refractivity (Wildman–Crippen MR) is 92.6 cm³/mol. The Labute approximate surface area is 154 Å². The Hall–Kier alpha value is -2.88. The Morgan fingerprint density at radius 3 is 2.38 bits per heavy atom. The van der Waals surface area contributed by atoms with Gasteiger partial charge in [0.1, 0.15) is 5.75 Å². The number of anilines is 1. The lowest BCUT2D eigenvalue weighted by Crippen LogP contribution is -2.16. The van der Waals surface area contributed by atoms with E-state index in [1.54, 1.807) is 17.0 Å². The van der Waals surface area contributed by atoms with Crippen molar-refractivity contribution in [2.45, 2.75) is 6.36 Å². The van der Waals surface area contributed by atoms with Crippen molar-refractivity contribution in [2.24, 2.45) is 0 Å². The summed E-state index contributed by atoms with van der Waals surface area (Å²) in [6.45, 7) is 0. The molecule has 1 N–H and O–H groups in total. The van der Waals surface area contributed by atoms with Crippen LogP contribution in [0.2, 0.25) is 0 Å². The molecular formula is C16H11BrF3N5O. The highest BCUT2D eigenvalue weighted by Crippen LogP contribution is 2.24. The summed E-state index contributed by atoms with van der Waals surface area (Å²) in [7, 11) is 0. The molecule has 0 aliphatic carbocycles. The molecule has 2 aromatic carbocycles. The molecule has 3 aromatic rings. The van der Waals surface area contributed by atoms with Gasteiger partial charge in [-0.2, -0.15) is 4.68 Å². The largest absolute Gasteiger partial charge is 0.573 e. The number of hydrogen-bond acceptors (Lipinski definition) is 5. The van der Waals surface area contributed by atoms with E-state index in [1.807, 2.05) is 24.3 Å². The normalized spacial score (nSPS) is 11.7. The molecule has 26 heavy (non-hydrogen) atoms. The lowest BCUT2D eigenvalue weighted by atomic mass is 10.3. The third-order valence-corrected chi connectivity index (χ3v) is 3.66. The second kappa shape index (κ2) is 7.56. The molecule has 10 heteroatoms. The van der Waals surface area contributed by atoms with Gasteiger partial charge in [0, 0.05) is 22.4 Å².